The van der Waals surface area contributed by atoms with E-state index in [1.54, 1.807) is 24.3 Å². The second-order valence-corrected chi connectivity index (χ2v) is 20.2. The Bertz CT molecular complexity index is 2290. The number of hydrogen-bond acceptors (Lipinski definition) is 17. The summed E-state index contributed by atoms with van der Waals surface area (Å²) in [4.78, 5) is 166. The van der Waals surface area contributed by atoms with Crippen LogP contribution in [-0.2, 0) is 64.0 Å². The third-order valence-corrected chi connectivity index (χ3v) is 14.0. The van der Waals surface area contributed by atoms with Crippen LogP contribution in [0.3, 0.4) is 0 Å². The van der Waals surface area contributed by atoms with Gasteiger partial charge in [0.05, 0.1) is 26.5 Å². The first-order valence-electron chi connectivity index (χ1n) is 24.1. The molecular weight excluding hydrogens is 1040 g/mol. The summed E-state index contributed by atoms with van der Waals surface area (Å²) in [5.41, 5.74) is 28.3. The number of primary amides is 2. The van der Waals surface area contributed by atoms with E-state index in [-0.39, 0.29) is 75.6 Å². The summed E-state index contributed by atoms with van der Waals surface area (Å²) in [6, 6.07) is -5.48. The number of methoxy groups -OCH3 is 1. The molecule has 2 aliphatic rings. The molecule has 8 atom stereocenters. The van der Waals surface area contributed by atoms with Crippen molar-refractivity contribution in [1.29, 1.82) is 0 Å². The lowest BCUT2D eigenvalue weighted by molar-refractivity contribution is -0.143. The Morgan fingerprint density at radius 1 is 0.737 bits per heavy atom. The molecule has 0 unspecified atom stereocenters. The number of unbranched alkanes of at least 4 members (excludes halogenated alkanes) is 1. The number of nitrogens with two attached hydrogens (primary N) is 5. The molecule has 76 heavy (non-hydrogen) atoms. The van der Waals surface area contributed by atoms with Crippen LogP contribution in [-0.4, -0.2) is 180 Å². The van der Waals surface area contributed by atoms with Gasteiger partial charge in [0.25, 0.3) is 0 Å². The van der Waals surface area contributed by atoms with E-state index in [1.165, 1.54) is 7.11 Å². The van der Waals surface area contributed by atoms with Crippen LogP contribution >= 0.6 is 21.6 Å². The van der Waals surface area contributed by atoms with E-state index in [0.717, 1.165) is 33.4 Å². The maximum absolute atomic E-state index is 14.3. The number of benzene rings is 1. The number of aliphatic imine (C=N–C) groups is 1. The summed E-state index contributed by atoms with van der Waals surface area (Å²) >= 11 is 0. The zero-order valence-corrected chi connectivity index (χ0v) is 43.7. The Balaban J connectivity index is 2.11. The van der Waals surface area contributed by atoms with Crippen molar-refractivity contribution in [3.05, 3.63) is 29.8 Å². The van der Waals surface area contributed by atoms with Gasteiger partial charge in [-0.05, 0) is 69.2 Å². The molecule has 2 heterocycles. The van der Waals surface area contributed by atoms with E-state index in [9.17, 15) is 62.6 Å². The van der Waals surface area contributed by atoms with Gasteiger partial charge in [-0.2, -0.15) is 0 Å². The van der Waals surface area contributed by atoms with Crippen molar-refractivity contribution in [3.8, 4) is 5.75 Å². The Morgan fingerprint density at radius 3 is 1.96 bits per heavy atom. The van der Waals surface area contributed by atoms with Gasteiger partial charge >= 0.3 is 5.97 Å². The number of carboxylic acid groups (broad SMARTS) is 1. The highest BCUT2D eigenvalue weighted by Crippen LogP contribution is 2.24. The molecule has 2 fully saturated rings. The van der Waals surface area contributed by atoms with Crippen molar-refractivity contribution in [2.45, 2.75) is 119 Å². The van der Waals surface area contributed by atoms with Crippen molar-refractivity contribution < 1.29 is 67.4 Å². The molecule has 0 saturated carbocycles. The fraction of sp³-hybridized carbons (Fsp3) is 0.578. The molecule has 1 aromatic rings. The standard InChI is InChI=1S/C45H69N15O14S2/c1-23(61)53-32-22-76-75-21-31(37(48)66)59-39(68)27(7-3-4-14-46)55-40(69)28(17-24-10-12-25(74-2)13-11-24)57-41(70)29(19-36(64)65)54-35(63)20-52-38(67)26(8-5-15-51-45(49)50)56-43(72)33-9-6-16-60(33)44(73)30(18-34(47)62)58-42(32)71/h10-13,26-33H,3-9,14-22,46H2,1-2H3,(H2,47,62)(H2,48,66)(H,52,67)(H,53,61)(H,54,63)(H,55,69)(H,56,72)(H,57,70)(H,58,71)(H,59,68)(H,64,65)(H4,49,50,51)/t26-,27-,28+,29-,30-,31-,32-,33+/m1/s1. The van der Waals surface area contributed by atoms with Gasteiger partial charge in [-0.1, -0.05) is 33.7 Å². The highest BCUT2D eigenvalue weighted by atomic mass is 33.1. The molecule has 19 N–H and O–H groups in total. The van der Waals surface area contributed by atoms with Crippen LogP contribution in [0.15, 0.2) is 29.3 Å². The number of rotatable bonds is 17. The summed E-state index contributed by atoms with van der Waals surface area (Å²) in [6.07, 6.45) is -0.992. The average molecular weight is 1110 g/mol. The second-order valence-electron chi connectivity index (χ2n) is 17.6. The monoisotopic (exact) mass is 1110 g/mol. The van der Waals surface area contributed by atoms with E-state index in [2.05, 4.69) is 47.5 Å². The van der Waals surface area contributed by atoms with E-state index >= 15 is 0 Å². The van der Waals surface area contributed by atoms with E-state index in [4.69, 9.17) is 33.4 Å². The summed E-state index contributed by atoms with van der Waals surface area (Å²) in [7, 11) is 3.34. The molecule has 11 amide bonds. The lowest BCUT2D eigenvalue weighted by atomic mass is 10.0. The van der Waals surface area contributed by atoms with Crippen LogP contribution in [0, 0.1) is 0 Å². The largest absolute Gasteiger partial charge is 0.497 e. The lowest BCUT2D eigenvalue weighted by Crippen LogP contribution is -2.59. The second kappa shape index (κ2) is 32.1. The molecule has 29 nitrogen and oxygen atoms in total. The molecule has 2 aliphatic heterocycles. The summed E-state index contributed by atoms with van der Waals surface area (Å²) in [5, 5.41) is 29.5. The minimum absolute atomic E-state index is 0.00116. The Labute approximate surface area is 445 Å². The molecule has 0 radical (unpaired) electrons. The zero-order chi connectivity index (χ0) is 56.5. The van der Waals surface area contributed by atoms with Crippen LogP contribution in [0.2, 0.25) is 0 Å². The molecule has 0 bridgehead atoms. The Kier molecular flexibility index (Phi) is 26.6. The molecule has 31 heteroatoms. The van der Waals surface area contributed by atoms with Crippen LogP contribution in [0.1, 0.15) is 70.3 Å². The molecular formula is C45H69N15O14S2. The Hall–Kier alpha value is -7.41. The van der Waals surface area contributed by atoms with Gasteiger partial charge in [-0.3, -0.25) is 62.5 Å². The van der Waals surface area contributed by atoms with Crippen molar-refractivity contribution in [2.24, 2.45) is 33.7 Å². The number of nitrogens with zero attached hydrogens (tertiary/aromatic N) is 2. The van der Waals surface area contributed by atoms with Crippen molar-refractivity contribution in [2.75, 3.05) is 44.8 Å². The molecule has 3 rings (SSSR count). The first kappa shape index (κ1) is 62.9. The normalized spacial score (nSPS) is 24.2. The maximum Gasteiger partial charge on any atom is 0.305 e. The lowest BCUT2D eigenvalue weighted by Gasteiger charge is -2.30. The summed E-state index contributed by atoms with van der Waals surface area (Å²) < 4.78 is 5.23. The van der Waals surface area contributed by atoms with Crippen molar-refractivity contribution in [1.82, 2.24) is 47.4 Å². The molecule has 0 spiro atoms. The van der Waals surface area contributed by atoms with Gasteiger partial charge < -0.3 is 85.9 Å². The zero-order valence-electron chi connectivity index (χ0n) is 42.1. The minimum atomic E-state index is -1.85. The SMILES string of the molecule is COc1ccc(C[C@@H]2NC(=O)[C@@H](CC(=O)O)NC(=O)CNC(=O)[C@@H](CCCN=C(N)N)NC(=O)[C@@H]3CCCN3C(=O)[C@@H](CC(N)=O)NC(=O)[C@H](NC(C)=O)CSSC[C@H](C(N)=O)NC(=O)[C@@H](CCCCN)NC2=O)cc1. The number of nitrogens with one attached hydrogen (secondary N) is 8. The molecule has 420 valence electrons. The van der Waals surface area contributed by atoms with Crippen LogP contribution in [0.5, 0.6) is 5.75 Å². The number of hydrogen-bond donors (Lipinski definition) is 14. The fourth-order valence-electron chi connectivity index (χ4n) is 7.78. The maximum atomic E-state index is 14.3. The number of carbonyl (C=O) groups excluding carboxylic acids is 11. The van der Waals surface area contributed by atoms with Gasteiger partial charge in [0, 0.05) is 37.9 Å². The number of carbonyl (C=O) groups is 12. The molecule has 0 aromatic heterocycles. The predicted molar refractivity (Wildman–Crippen MR) is 277 cm³/mol. The fourth-order valence-corrected chi connectivity index (χ4v) is 10.1. The highest BCUT2D eigenvalue weighted by molar-refractivity contribution is 8.76. The summed E-state index contributed by atoms with van der Waals surface area (Å²) in [5.74, 6) is -12.1. The number of guanidine groups is 1. The van der Waals surface area contributed by atoms with Gasteiger partial charge in [0.1, 0.15) is 54.1 Å². The first-order chi connectivity index (χ1) is 36.0. The van der Waals surface area contributed by atoms with Crippen molar-refractivity contribution in [3.63, 3.8) is 0 Å². The smallest absolute Gasteiger partial charge is 0.305 e. The first-order valence-corrected chi connectivity index (χ1v) is 26.6. The third-order valence-electron chi connectivity index (χ3n) is 11.6. The summed E-state index contributed by atoms with van der Waals surface area (Å²) in [6.45, 7) is 0.438. The third kappa shape index (κ3) is 21.8. The minimum Gasteiger partial charge on any atom is -0.497 e. The number of aliphatic carboxylic acids is 1. The predicted octanol–water partition coefficient (Wildman–Crippen LogP) is -5.83. The average Bonchev–Trinajstić information content (AvgIpc) is 3.85. The van der Waals surface area contributed by atoms with Crippen molar-refractivity contribution >= 4 is 98.5 Å². The number of ether oxygens (including phenoxy) is 1. The highest BCUT2D eigenvalue weighted by Gasteiger charge is 2.40. The van der Waals surface area contributed by atoms with Gasteiger partial charge in [-0.25, -0.2) is 0 Å². The van der Waals surface area contributed by atoms with Gasteiger partial charge in [-0.15, -0.1) is 0 Å². The molecule has 0 aliphatic carbocycles. The number of amides is 11. The van der Waals surface area contributed by atoms with E-state index < -0.39 is 139 Å². The molecule has 2 saturated heterocycles. The van der Waals surface area contributed by atoms with Gasteiger partial charge in [0.15, 0.2) is 5.96 Å². The van der Waals surface area contributed by atoms with Crippen LogP contribution in [0.4, 0.5) is 0 Å². The number of fused-ring (bicyclic) bond motifs is 1. The van der Waals surface area contributed by atoms with Gasteiger partial charge in [0.2, 0.25) is 65.0 Å². The quantitative estimate of drug-likeness (QED) is 0.0299. The van der Waals surface area contributed by atoms with E-state index in [0.29, 0.717) is 24.2 Å². The molecule has 1 aromatic carbocycles. The van der Waals surface area contributed by atoms with Crippen LogP contribution < -0.4 is 75.9 Å². The van der Waals surface area contributed by atoms with E-state index in [1.807, 2.05) is 0 Å². The topological polar surface area (TPSA) is 476 Å². The number of carboxylic acids is 1. The Morgan fingerprint density at radius 2 is 1.34 bits per heavy atom. The van der Waals surface area contributed by atoms with Crippen LogP contribution in [0.25, 0.3) is 0 Å².